The average Bonchev–Trinajstić information content (AvgIpc) is 2.52. The smallest absolute Gasteiger partial charge is 0.138 e. The summed E-state index contributed by atoms with van der Waals surface area (Å²) in [6.45, 7) is 6.06. The third-order valence-electron chi connectivity index (χ3n) is 3.13. The second-order valence-electron chi connectivity index (χ2n) is 4.84. The summed E-state index contributed by atoms with van der Waals surface area (Å²) in [5, 5.41) is 3.14. The molecule has 21 heavy (non-hydrogen) atoms. The molecule has 3 nitrogen and oxygen atoms in total. The first-order valence-electron chi connectivity index (χ1n) is 7.32. The van der Waals surface area contributed by atoms with E-state index in [0.29, 0.717) is 18.7 Å². The van der Waals surface area contributed by atoms with Crippen molar-refractivity contribution in [1.82, 2.24) is 10.3 Å². The van der Waals surface area contributed by atoms with Crippen LogP contribution in [0, 0.1) is 5.82 Å². The standard InChI is InChI=1S/C17H21FN2O/c1-3-7-21-16-9-14(10-20-12-16)13-5-6-17(18)15(8-13)11-19-4-2/h5-6,8-10,12,19H,3-4,7,11H2,1-2H3. The molecule has 1 aromatic carbocycles. The minimum Gasteiger partial charge on any atom is -0.492 e. The number of aromatic nitrogens is 1. The van der Waals surface area contributed by atoms with Gasteiger partial charge in [-0.1, -0.05) is 19.9 Å². The third-order valence-corrected chi connectivity index (χ3v) is 3.13. The monoisotopic (exact) mass is 288 g/mol. The second kappa shape index (κ2) is 7.74. The molecule has 0 aliphatic rings. The number of ether oxygens (including phenoxy) is 1. The summed E-state index contributed by atoms with van der Waals surface area (Å²) in [5.74, 6) is 0.554. The molecule has 0 fully saturated rings. The minimum absolute atomic E-state index is 0.189. The molecule has 0 unspecified atom stereocenters. The van der Waals surface area contributed by atoms with Crippen LogP contribution in [-0.2, 0) is 6.54 Å². The first-order valence-corrected chi connectivity index (χ1v) is 7.32. The number of hydrogen-bond donors (Lipinski definition) is 1. The Morgan fingerprint density at radius 3 is 2.76 bits per heavy atom. The summed E-state index contributed by atoms with van der Waals surface area (Å²) in [4.78, 5) is 4.19. The number of nitrogens with one attached hydrogen (secondary N) is 1. The van der Waals surface area contributed by atoms with Crippen LogP contribution in [0.1, 0.15) is 25.8 Å². The van der Waals surface area contributed by atoms with E-state index >= 15 is 0 Å². The Balaban J connectivity index is 2.24. The number of pyridine rings is 1. The van der Waals surface area contributed by atoms with Gasteiger partial charge in [0.25, 0.3) is 0 Å². The van der Waals surface area contributed by atoms with Crippen LogP contribution >= 0.6 is 0 Å². The van der Waals surface area contributed by atoms with E-state index in [1.807, 2.05) is 19.1 Å². The molecule has 0 amide bonds. The van der Waals surface area contributed by atoms with E-state index in [1.165, 1.54) is 6.07 Å². The van der Waals surface area contributed by atoms with Gasteiger partial charge in [-0.05, 0) is 36.7 Å². The van der Waals surface area contributed by atoms with Crippen molar-refractivity contribution in [2.75, 3.05) is 13.2 Å². The van der Waals surface area contributed by atoms with E-state index in [-0.39, 0.29) is 5.82 Å². The maximum atomic E-state index is 13.8. The Bertz CT molecular complexity index is 587. The molecule has 112 valence electrons. The number of nitrogens with zero attached hydrogens (tertiary/aromatic N) is 1. The van der Waals surface area contributed by atoms with Crippen LogP contribution in [-0.4, -0.2) is 18.1 Å². The van der Waals surface area contributed by atoms with Crippen LogP contribution in [0.3, 0.4) is 0 Å². The van der Waals surface area contributed by atoms with Crippen LogP contribution in [0.4, 0.5) is 4.39 Å². The fourth-order valence-electron chi connectivity index (χ4n) is 2.02. The second-order valence-corrected chi connectivity index (χ2v) is 4.84. The summed E-state index contributed by atoms with van der Waals surface area (Å²) in [6.07, 6.45) is 4.42. The van der Waals surface area contributed by atoms with Gasteiger partial charge >= 0.3 is 0 Å². The molecule has 2 aromatic rings. The highest BCUT2D eigenvalue weighted by molar-refractivity contribution is 5.64. The van der Waals surface area contributed by atoms with Gasteiger partial charge < -0.3 is 10.1 Å². The Kier molecular flexibility index (Phi) is 5.69. The van der Waals surface area contributed by atoms with E-state index in [4.69, 9.17) is 4.74 Å². The molecule has 0 atom stereocenters. The van der Waals surface area contributed by atoms with Gasteiger partial charge in [-0.2, -0.15) is 0 Å². The summed E-state index contributed by atoms with van der Waals surface area (Å²) in [5.41, 5.74) is 2.54. The lowest BCUT2D eigenvalue weighted by molar-refractivity contribution is 0.316. The highest BCUT2D eigenvalue weighted by Gasteiger charge is 2.06. The Hall–Kier alpha value is -1.94. The van der Waals surface area contributed by atoms with Crippen molar-refractivity contribution in [3.8, 4) is 16.9 Å². The van der Waals surface area contributed by atoms with Crippen molar-refractivity contribution in [3.63, 3.8) is 0 Å². The topological polar surface area (TPSA) is 34.1 Å². The molecule has 0 saturated heterocycles. The van der Waals surface area contributed by atoms with E-state index in [1.54, 1.807) is 18.5 Å². The van der Waals surface area contributed by atoms with E-state index in [2.05, 4.69) is 17.2 Å². The number of rotatable bonds is 7. The highest BCUT2D eigenvalue weighted by atomic mass is 19.1. The van der Waals surface area contributed by atoms with Crippen LogP contribution < -0.4 is 10.1 Å². The average molecular weight is 288 g/mol. The molecule has 4 heteroatoms. The van der Waals surface area contributed by atoms with E-state index < -0.39 is 0 Å². The van der Waals surface area contributed by atoms with Gasteiger partial charge in [0.2, 0.25) is 0 Å². The number of hydrogen-bond acceptors (Lipinski definition) is 3. The molecule has 0 aliphatic carbocycles. The normalized spacial score (nSPS) is 10.6. The van der Waals surface area contributed by atoms with Crippen molar-refractivity contribution in [2.24, 2.45) is 0 Å². The van der Waals surface area contributed by atoms with Gasteiger partial charge in [-0.3, -0.25) is 4.98 Å². The fourth-order valence-corrected chi connectivity index (χ4v) is 2.02. The van der Waals surface area contributed by atoms with Crippen molar-refractivity contribution in [3.05, 3.63) is 48.0 Å². The lowest BCUT2D eigenvalue weighted by Crippen LogP contribution is -2.12. The Morgan fingerprint density at radius 2 is 2.00 bits per heavy atom. The van der Waals surface area contributed by atoms with Gasteiger partial charge in [0, 0.05) is 23.9 Å². The summed E-state index contributed by atoms with van der Waals surface area (Å²) >= 11 is 0. The Morgan fingerprint density at radius 1 is 1.14 bits per heavy atom. The molecule has 0 bridgehead atoms. The van der Waals surface area contributed by atoms with Crippen LogP contribution in [0.25, 0.3) is 11.1 Å². The van der Waals surface area contributed by atoms with Gasteiger partial charge in [-0.25, -0.2) is 4.39 Å². The van der Waals surface area contributed by atoms with Crippen LogP contribution in [0.15, 0.2) is 36.7 Å². The fraction of sp³-hybridized carbons (Fsp3) is 0.353. The SMILES string of the molecule is CCCOc1cncc(-c2ccc(F)c(CNCC)c2)c1. The molecular weight excluding hydrogens is 267 g/mol. The van der Waals surface area contributed by atoms with Crippen LogP contribution in [0.5, 0.6) is 5.75 Å². The molecule has 1 heterocycles. The first kappa shape index (κ1) is 15.4. The zero-order chi connectivity index (χ0) is 15.1. The minimum atomic E-state index is -0.189. The largest absolute Gasteiger partial charge is 0.492 e. The van der Waals surface area contributed by atoms with Gasteiger partial charge in [-0.15, -0.1) is 0 Å². The zero-order valence-electron chi connectivity index (χ0n) is 12.5. The molecule has 0 radical (unpaired) electrons. The number of halogens is 1. The molecule has 1 aromatic heterocycles. The van der Waals surface area contributed by atoms with Crippen molar-refractivity contribution >= 4 is 0 Å². The highest BCUT2D eigenvalue weighted by Crippen LogP contribution is 2.24. The van der Waals surface area contributed by atoms with Gasteiger partial charge in [0.15, 0.2) is 0 Å². The van der Waals surface area contributed by atoms with E-state index in [9.17, 15) is 4.39 Å². The first-order chi connectivity index (χ1) is 10.2. The predicted octanol–water partition coefficient (Wildman–Crippen LogP) is 3.79. The molecule has 1 N–H and O–H groups in total. The lowest BCUT2D eigenvalue weighted by Gasteiger charge is -2.09. The lowest BCUT2D eigenvalue weighted by atomic mass is 10.0. The summed E-state index contributed by atoms with van der Waals surface area (Å²) < 4.78 is 19.4. The maximum Gasteiger partial charge on any atom is 0.138 e. The third kappa shape index (κ3) is 4.26. The molecular formula is C17H21FN2O. The predicted molar refractivity (Wildman–Crippen MR) is 82.8 cm³/mol. The molecule has 0 spiro atoms. The Labute approximate surface area is 125 Å². The van der Waals surface area contributed by atoms with E-state index in [0.717, 1.165) is 29.8 Å². The van der Waals surface area contributed by atoms with Gasteiger partial charge in [0.05, 0.1) is 12.8 Å². The van der Waals surface area contributed by atoms with Crippen molar-refractivity contribution < 1.29 is 9.13 Å². The number of benzene rings is 1. The summed E-state index contributed by atoms with van der Waals surface area (Å²) in [6, 6.07) is 7.07. The zero-order valence-corrected chi connectivity index (χ0v) is 12.5. The molecule has 2 rings (SSSR count). The molecule has 0 saturated carbocycles. The van der Waals surface area contributed by atoms with Gasteiger partial charge in [0.1, 0.15) is 11.6 Å². The quantitative estimate of drug-likeness (QED) is 0.841. The van der Waals surface area contributed by atoms with Crippen molar-refractivity contribution in [1.29, 1.82) is 0 Å². The molecule has 0 aliphatic heterocycles. The summed E-state index contributed by atoms with van der Waals surface area (Å²) in [7, 11) is 0. The maximum absolute atomic E-state index is 13.8. The van der Waals surface area contributed by atoms with Crippen LogP contribution in [0.2, 0.25) is 0 Å². The van der Waals surface area contributed by atoms with Crippen molar-refractivity contribution in [2.45, 2.75) is 26.8 Å².